The minimum Gasteiger partial charge on any atom is -0.468 e. The van der Waals surface area contributed by atoms with Crippen molar-refractivity contribution in [3.05, 3.63) is 35.9 Å². The molecule has 0 spiro atoms. The van der Waals surface area contributed by atoms with Crippen molar-refractivity contribution in [2.75, 3.05) is 13.7 Å². The molecule has 1 saturated heterocycles. The van der Waals surface area contributed by atoms with Gasteiger partial charge in [0.25, 0.3) is 0 Å². The number of nitrogens with one attached hydrogen (secondary N) is 1. The molecule has 1 aromatic rings. The Morgan fingerprint density at radius 1 is 1.40 bits per heavy atom. The Balaban J connectivity index is 2.18. The number of methoxy groups -OCH3 is 1. The van der Waals surface area contributed by atoms with E-state index in [-0.39, 0.29) is 17.9 Å². The molecule has 1 fully saturated rings. The zero-order valence-corrected chi connectivity index (χ0v) is 8.77. The highest BCUT2D eigenvalue weighted by atomic mass is 16.5. The van der Waals surface area contributed by atoms with Crippen molar-refractivity contribution in [3.8, 4) is 0 Å². The lowest BCUT2D eigenvalue weighted by molar-refractivity contribution is -0.143. The van der Waals surface area contributed by atoms with Gasteiger partial charge in [-0.25, -0.2) is 0 Å². The number of benzene rings is 1. The first-order valence-electron chi connectivity index (χ1n) is 5.19. The van der Waals surface area contributed by atoms with E-state index in [4.69, 9.17) is 4.74 Å². The first-order chi connectivity index (χ1) is 7.33. The monoisotopic (exact) mass is 205 g/mol. The fourth-order valence-electron chi connectivity index (χ4n) is 2.14. The average Bonchev–Trinajstić information content (AvgIpc) is 2.78. The van der Waals surface area contributed by atoms with Crippen LogP contribution >= 0.6 is 0 Å². The molecule has 1 aliphatic heterocycles. The summed E-state index contributed by atoms with van der Waals surface area (Å²) in [5.41, 5.74) is 1.21. The first-order valence-corrected chi connectivity index (χ1v) is 5.19. The fraction of sp³-hybridized carbons (Fsp3) is 0.417. The largest absolute Gasteiger partial charge is 0.468 e. The lowest BCUT2D eigenvalue weighted by Crippen LogP contribution is -2.35. The van der Waals surface area contributed by atoms with Crippen LogP contribution < -0.4 is 5.32 Å². The van der Waals surface area contributed by atoms with Gasteiger partial charge in [0.2, 0.25) is 0 Å². The van der Waals surface area contributed by atoms with E-state index in [9.17, 15) is 4.79 Å². The molecule has 0 radical (unpaired) electrons. The van der Waals surface area contributed by atoms with E-state index < -0.39 is 0 Å². The molecule has 1 heterocycles. The summed E-state index contributed by atoms with van der Waals surface area (Å²) in [6.07, 6.45) is 0.990. The van der Waals surface area contributed by atoms with Crippen LogP contribution in [0.4, 0.5) is 0 Å². The minimum atomic E-state index is -0.183. The number of hydrogen-bond donors (Lipinski definition) is 1. The first kappa shape index (κ1) is 10.2. The van der Waals surface area contributed by atoms with E-state index >= 15 is 0 Å². The van der Waals surface area contributed by atoms with Gasteiger partial charge < -0.3 is 10.1 Å². The fourth-order valence-corrected chi connectivity index (χ4v) is 2.14. The van der Waals surface area contributed by atoms with E-state index in [1.807, 2.05) is 18.2 Å². The molecule has 0 aromatic heterocycles. The van der Waals surface area contributed by atoms with Gasteiger partial charge in [-0.15, -0.1) is 0 Å². The van der Waals surface area contributed by atoms with Gasteiger partial charge in [-0.05, 0) is 18.5 Å². The maximum atomic E-state index is 11.5. The van der Waals surface area contributed by atoms with E-state index in [1.54, 1.807) is 0 Å². The molecule has 3 nitrogen and oxygen atoms in total. The van der Waals surface area contributed by atoms with Crippen LogP contribution in [0, 0.1) is 0 Å². The van der Waals surface area contributed by atoms with Gasteiger partial charge in [-0.1, -0.05) is 30.3 Å². The molecule has 0 bridgehead atoms. The molecule has 3 heteroatoms. The summed E-state index contributed by atoms with van der Waals surface area (Å²) in [7, 11) is 1.43. The molecule has 1 N–H and O–H groups in total. The van der Waals surface area contributed by atoms with Gasteiger partial charge >= 0.3 is 5.97 Å². The number of carbonyl (C=O) groups is 1. The van der Waals surface area contributed by atoms with Crippen molar-refractivity contribution in [3.63, 3.8) is 0 Å². The predicted molar refractivity (Wildman–Crippen MR) is 57.6 cm³/mol. The third-order valence-electron chi connectivity index (χ3n) is 2.90. The molecular formula is C12H15NO2. The number of ether oxygens (including phenoxy) is 1. The van der Waals surface area contributed by atoms with Gasteiger partial charge in [-0.2, -0.15) is 0 Å². The summed E-state index contributed by atoms with van der Waals surface area (Å²) in [6.45, 7) is 0.874. The molecule has 80 valence electrons. The Hall–Kier alpha value is -1.35. The van der Waals surface area contributed by atoms with Gasteiger partial charge in [0.1, 0.15) is 6.04 Å². The smallest absolute Gasteiger partial charge is 0.323 e. The standard InChI is InChI=1S/C12H15NO2/c1-15-12(14)11-10(7-8-13-11)9-5-3-2-4-6-9/h2-6,10-11,13H,7-8H2,1H3/t10-,11-/m0/s1. The van der Waals surface area contributed by atoms with Crippen LogP contribution in [-0.4, -0.2) is 25.7 Å². The third kappa shape index (κ3) is 2.02. The van der Waals surface area contributed by atoms with Crippen LogP contribution in [0.5, 0.6) is 0 Å². The maximum absolute atomic E-state index is 11.5. The molecular weight excluding hydrogens is 190 g/mol. The molecule has 0 amide bonds. The number of hydrogen-bond acceptors (Lipinski definition) is 3. The Labute approximate surface area is 89.4 Å². The highest BCUT2D eigenvalue weighted by molar-refractivity contribution is 5.77. The lowest BCUT2D eigenvalue weighted by atomic mass is 9.92. The number of carbonyl (C=O) groups excluding carboxylic acids is 1. The van der Waals surface area contributed by atoms with Gasteiger partial charge in [0.15, 0.2) is 0 Å². The summed E-state index contributed by atoms with van der Waals surface area (Å²) in [5, 5.41) is 3.18. The van der Waals surface area contributed by atoms with Crippen LogP contribution in [0.25, 0.3) is 0 Å². The Morgan fingerprint density at radius 2 is 2.13 bits per heavy atom. The van der Waals surface area contributed by atoms with Gasteiger partial charge in [0, 0.05) is 5.92 Å². The summed E-state index contributed by atoms with van der Waals surface area (Å²) >= 11 is 0. The Kier molecular flexibility index (Phi) is 3.02. The molecule has 1 aliphatic rings. The Bertz CT molecular complexity index is 337. The molecule has 0 aliphatic carbocycles. The van der Waals surface area contributed by atoms with Crippen molar-refractivity contribution in [2.24, 2.45) is 0 Å². The average molecular weight is 205 g/mol. The molecule has 0 saturated carbocycles. The topological polar surface area (TPSA) is 38.3 Å². The summed E-state index contributed by atoms with van der Waals surface area (Å²) in [4.78, 5) is 11.5. The van der Waals surface area contributed by atoms with Gasteiger partial charge in [-0.3, -0.25) is 4.79 Å². The summed E-state index contributed by atoms with van der Waals surface area (Å²) in [6, 6.07) is 9.93. The second-order valence-corrected chi connectivity index (χ2v) is 3.76. The van der Waals surface area contributed by atoms with Crippen molar-refractivity contribution in [2.45, 2.75) is 18.4 Å². The van der Waals surface area contributed by atoms with Gasteiger partial charge in [0.05, 0.1) is 7.11 Å². The van der Waals surface area contributed by atoms with Crippen molar-refractivity contribution in [1.29, 1.82) is 0 Å². The Morgan fingerprint density at radius 3 is 2.80 bits per heavy atom. The van der Waals surface area contributed by atoms with E-state index in [1.165, 1.54) is 12.7 Å². The third-order valence-corrected chi connectivity index (χ3v) is 2.90. The minimum absolute atomic E-state index is 0.165. The van der Waals surface area contributed by atoms with E-state index in [0.29, 0.717) is 0 Å². The van der Waals surface area contributed by atoms with E-state index in [2.05, 4.69) is 17.4 Å². The van der Waals surface area contributed by atoms with Crippen molar-refractivity contribution < 1.29 is 9.53 Å². The summed E-state index contributed by atoms with van der Waals surface area (Å²) < 4.78 is 4.78. The normalized spacial score (nSPS) is 25.1. The van der Waals surface area contributed by atoms with E-state index in [0.717, 1.165) is 13.0 Å². The lowest BCUT2D eigenvalue weighted by Gasteiger charge is -2.17. The van der Waals surface area contributed by atoms with Crippen LogP contribution in [0.1, 0.15) is 17.9 Å². The molecule has 2 rings (SSSR count). The zero-order chi connectivity index (χ0) is 10.7. The second-order valence-electron chi connectivity index (χ2n) is 3.76. The number of esters is 1. The summed E-state index contributed by atoms with van der Waals surface area (Å²) in [5.74, 6) is 0.0833. The van der Waals surface area contributed by atoms with Crippen LogP contribution in [0.2, 0.25) is 0 Å². The second kappa shape index (κ2) is 4.45. The maximum Gasteiger partial charge on any atom is 0.323 e. The molecule has 0 unspecified atom stereocenters. The van der Waals surface area contributed by atoms with Crippen molar-refractivity contribution in [1.82, 2.24) is 5.32 Å². The molecule has 2 atom stereocenters. The quantitative estimate of drug-likeness (QED) is 0.740. The van der Waals surface area contributed by atoms with Crippen LogP contribution in [0.3, 0.4) is 0 Å². The molecule has 1 aromatic carbocycles. The van der Waals surface area contributed by atoms with Crippen LogP contribution in [0.15, 0.2) is 30.3 Å². The molecule has 15 heavy (non-hydrogen) atoms. The zero-order valence-electron chi connectivity index (χ0n) is 8.77. The highest BCUT2D eigenvalue weighted by Gasteiger charge is 2.34. The predicted octanol–water partition coefficient (Wildman–Crippen LogP) is 1.31. The van der Waals surface area contributed by atoms with Crippen LogP contribution in [-0.2, 0) is 9.53 Å². The van der Waals surface area contributed by atoms with Crippen molar-refractivity contribution >= 4 is 5.97 Å². The highest BCUT2D eigenvalue weighted by Crippen LogP contribution is 2.27. The SMILES string of the molecule is COC(=O)[C@H]1NCC[C@H]1c1ccccc1. The number of rotatable bonds is 2.